The van der Waals surface area contributed by atoms with Crippen LogP contribution >= 0.6 is 0 Å². The van der Waals surface area contributed by atoms with Crippen LogP contribution in [0.25, 0.3) is 0 Å². The van der Waals surface area contributed by atoms with E-state index in [0.717, 1.165) is 31.3 Å². The molecule has 0 bridgehead atoms. The fraction of sp³-hybridized carbons (Fsp3) is 0.583. The maximum atomic E-state index is 11.3. The first-order valence-electron chi connectivity index (χ1n) is 6.03. The second kappa shape index (κ2) is 5.33. The summed E-state index contributed by atoms with van der Waals surface area (Å²) < 4.78 is 5.36. The molecule has 1 aromatic rings. The van der Waals surface area contributed by atoms with Crippen molar-refractivity contribution in [1.82, 2.24) is 10.3 Å². The predicted molar refractivity (Wildman–Crippen MR) is 64.0 cm³/mol. The Morgan fingerprint density at radius 2 is 2.53 bits per heavy atom. The Hall–Kier alpha value is -1.33. The number of hydrogen-bond acceptors (Lipinski definition) is 4. The highest BCUT2D eigenvalue weighted by molar-refractivity contribution is 5.93. The Balaban J connectivity index is 1.91. The maximum Gasteiger partial charge on any atom is 0.268 e. The van der Waals surface area contributed by atoms with Gasteiger partial charge in [0, 0.05) is 6.54 Å². The minimum atomic E-state index is -0.312. The summed E-state index contributed by atoms with van der Waals surface area (Å²) in [5.74, 6) is 6.37. The van der Waals surface area contributed by atoms with E-state index in [1.165, 1.54) is 19.1 Å². The van der Waals surface area contributed by atoms with E-state index in [0.29, 0.717) is 5.56 Å². The highest BCUT2D eigenvalue weighted by Gasteiger charge is 2.22. The van der Waals surface area contributed by atoms with Crippen LogP contribution in [0.15, 0.2) is 16.7 Å². The number of furan rings is 1. The van der Waals surface area contributed by atoms with Crippen LogP contribution in [0.2, 0.25) is 0 Å². The van der Waals surface area contributed by atoms with Gasteiger partial charge in [-0.2, -0.15) is 0 Å². The highest BCUT2D eigenvalue weighted by Crippen LogP contribution is 2.21. The lowest BCUT2D eigenvalue weighted by Crippen LogP contribution is -2.29. The van der Waals surface area contributed by atoms with Crippen LogP contribution in [0.5, 0.6) is 0 Å². The predicted octanol–water partition coefficient (Wildman–Crippen LogP) is 1.11. The normalized spacial score (nSPS) is 20.7. The summed E-state index contributed by atoms with van der Waals surface area (Å²) in [6, 6.07) is 1.75. The standard InChI is InChI=1S/C12H19N3O2/c1-2-9-3-4-15(6-9)7-11-5-10(8-17-11)12(16)14-13/h5,8-9H,2-4,6-7,13H2,1H3,(H,14,16). The van der Waals surface area contributed by atoms with Gasteiger partial charge in [0.2, 0.25) is 0 Å². The van der Waals surface area contributed by atoms with Gasteiger partial charge >= 0.3 is 0 Å². The smallest absolute Gasteiger partial charge is 0.268 e. The number of rotatable bonds is 4. The lowest BCUT2D eigenvalue weighted by atomic mass is 10.1. The summed E-state index contributed by atoms with van der Waals surface area (Å²) in [6.45, 7) is 5.23. The van der Waals surface area contributed by atoms with Crippen LogP contribution < -0.4 is 11.3 Å². The number of likely N-dealkylation sites (tertiary alicyclic amines) is 1. The number of carbonyl (C=O) groups is 1. The Labute approximate surface area is 101 Å². The minimum absolute atomic E-state index is 0.312. The molecule has 2 rings (SSSR count). The highest BCUT2D eigenvalue weighted by atomic mass is 16.3. The molecular formula is C12H19N3O2. The number of carbonyl (C=O) groups excluding carboxylic acids is 1. The van der Waals surface area contributed by atoms with Crippen LogP contribution in [-0.2, 0) is 6.54 Å². The largest absolute Gasteiger partial charge is 0.467 e. The van der Waals surface area contributed by atoms with E-state index < -0.39 is 0 Å². The van der Waals surface area contributed by atoms with Gasteiger partial charge in [0.1, 0.15) is 12.0 Å². The topological polar surface area (TPSA) is 71.5 Å². The van der Waals surface area contributed by atoms with Crippen LogP contribution in [-0.4, -0.2) is 23.9 Å². The summed E-state index contributed by atoms with van der Waals surface area (Å²) in [5.41, 5.74) is 2.57. The third kappa shape index (κ3) is 2.87. The van der Waals surface area contributed by atoms with Gasteiger partial charge in [0.05, 0.1) is 12.1 Å². The molecule has 1 aliphatic rings. The van der Waals surface area contributed by atoms with Crippen LogP contribution in [0.3, 0.4) is 0 Å². The van der Waals surface area contributed by atoms with Crippen molar-refractivity contribution < 1.29 is 9.21 Å². The lowest BCUT2D eigenvalue weighted by molar-refractivity contribution is 0.0953. The molecule has 0 spiro atoms. The molecule has 1 saturated heterocycles. The molecular weight excluding hydrogens is 218 g/mol. The first kappa shape index (κ1) is 12.1. The van der Waals surface area contributed by atoms with Gasteiger partial charge in [-0.05, 0) is 24.9 Å². The molecule has 1 aliphatic heterocycles. The molecule has 2 heterocycles. The number of nitrogens with one attached hydrogen (secondary N) is 1. The van der Waals surface area contributed by atoms with Gasteiger partial charge in [0.15, 0.2) is 0 Å². The molecule has 17 heavy (non-hydrogen) atoms. The van der Waals surface area contributed by atoms with Gasteiger partial charge in [-0.3, -0.25) is 15.1 Å². The number of nitrogen functional groups attached to an aromatic ring is 1. The van der Waals surface area contributed by atoms with Crippen molar-refractivity contribution in [2.24, 2.45) is 11.8 Å². The minimum Gasteiger partial charge on any atom is -0.467 e. The van der Waals surface area contributed by atoms with Crippen LogP contribution in [0.1, 0.15) is 35.9 Å². The average Bonchev–Trinajstić information content (AvgIpc) is 2.97. The zero-order chi connectivity index (χ0) is 12.3. The van der Waals surface area contributed by atoms with Gasteiger partial charge in [-0.1, -0.05) is 13.3 Å². The van der Waals surface area contributed by atoms with Crippen molar-refractivity contribution in [3.63, 3.8) is 0 Å². The summed E-state index contributed by atoms with van der Waals surface area (Å²) in [5, 5.41) is 0. The molecule has 1 atom stereocenters. The fourth-order valence-corrected chi connectivity index (χ4v) is 2.28. The molecule has 5 nitrogen and oxygen atoms in total. The SMILES string of the molecule is CCC1CCN(Cc2cc(C(=O)NN)co2)C1. The van der Waals surface area contributed by atoms with Crippen molar-refractivity contribution >= 4 is 5.91 Å². The van der Waals surface area contributed by atoms with Crippen LogP contribution in [0, 0.1) is 5.92 Å². The fourth-order valence-electron chi connectivity index (χ4n) is 2.28. The van der Waals surface area contributed by atoms with E-state index in [2.05, 4.69) is 17.2 Å². The Bertz CT molecular complexity index is 389. The molecule has 5 heteroatoms. The number of hydrazine groups is 1. The van der Waals surface area contributed by atoms with E-state index in [9.17, 15) is 4.79 Å². The van der Waals surface area contributed by atoms with E-state index >= 15 is 0 Å². The number of nitrogens with zero attached hydrogens (tertiary/aromatic N) is 1. The third-order valence-corrected chi connectivity index (χ3v) is 3.37. The van der Waals surface area contributed by atoms with Gasteiger partial charge in [-0.25, -0.2) is 5.84 Å². The van der Waals surface area contributed by atoms with Crippen molar-refractivity contribution in [1.29, 1.82) is 0 Å². The van der Waals surface area contributed by atoms with E-state index in [-0.39, 0.29) is 5.91 Å². The van der Waals surface area contributed by atoms with Crippen molar-refractivity contribution in [2.45, 2.75) is 26.3 Å². The molecule has 1 aromatic heterocycles. The lowest BCUT2D eigenvalue weighted by Gasteiger charge is -2.13. The molecule has 94 valence electrons. The summed E-state index contributed by atoms with van der Waals surface area (Å²) in [4.78, 5) is 13.6. The van der Waals surface area contributed by atoms with E-state index in [1.54, 1.807) is 6.07 Å². The zero-order valence-corrected chi connectivity index (χ0v) is 10.1. The quantitative estimate of drug-likeness (QED) is 0.467. The van der Waals surface area contributed by atoms with Gasteiger partial charge < -0.3 is 4.42 Å². The summed E-state index contributed by atoms with van der Waals surface area (Å²) in [6.07, 6.45) is 3.94. The monoisotopic (exact) mass is 237 g/mol. The second-order valence-electron chi connectivity index (χ2n) is 4.57. The maximum absolute atomic E-state index is 11.3. The zero-order valence-electron chi connectivity index (χ0n) is 10.1. The molecule has 0 saturated carbocycles. The first-order chi connectivity index (χ1) is 8.22. The molecule has 1 unspecified atom stereocenters. The molecule has 3 N–H and O–H groups in total. The molecule has 0 radical (unpaired) electrons. The summed E-state index contributed by atoms with van der Waals surface area (Å²) >= 11 is 0. The van der Waals surface area contributed by atoms with Gasteiger partial charge in [-0.15, -0.1) is 0 Å². The van der Waals surface area contributed by atoms with E-state index in [1.807, 2.05) is 0 Å². The average molecular weight is 237 g/mol. The van der Waals surface area contributed by atoms with Crippen molar-refractivity contribution in [2.75, 3.05) is 13.1 Å². The Morgan fingerprint density at radius 3 is 3.18 bits per heavy atom. The van der Waals surface area contributed by atoms with Crippen molar-refractivity contribution in [3.8, 4) is 0 Å². The van der Waals surface area contributed by atoms with Gasteiger partial charge in [0.25, 0.3) is 5.91 Å². The Morgan fingerprint density at radius 1 is 1.71 bits per heavy atom. The molecule has 1 amide bonds. The molecule has 0 aliphatic carbocycles. The molecule has 1 fully saturated rings. The number of hydrogen-bond donors (Lipinski definition) is 2. The Kier molecular flexibility index (Phi) is 3.81. The summed E-state index contributed by atoms with van der Waals surface area (Å²) in [7, 11) is 0. The number of nitrogens with two attached hydrogens (primary N) is 1. The molecule has 0 aromatic carbocycles. The van der Waals surface area contributed by atoms with E-state index in [4.69, 9.17) is 10.3 Å². The van der Waals surface area contributed by atoms with Crippen LogP contribution in [0.4, 0.5) is 0 Å². The first-order valence-corrected chi connectivity index (χ1v) is 6.03. The van der Waals surface area contributed by atoms with Crippen molar-refractivity contribution in [3.05, 3.63) is 23.7 Å². The second-order valence-corrected chi connectivity index (χ2v) is 4.57. The third-order valence-electron chi connectivity index (χ3n) is 3.37. The number of amides is 1.